The molecule has 3 unspecified atom stereocenters. The SMILES string of the molecule is CCCNC(Cc1ccc(Br)cc1F)C1CCOC1C. The standard InChI is InChI=1S/C16H23BrFNO/c1-3-7-19-16(14-6-8-20-11(14)2)9-12-4-5-13(17)10-15(12)18/h4-5,10-11,14,16,19H,3,6-9H2,1-2H3. The third-order valence-electron chi connectivity index (χ3n) is 4.06. The number of benzene rings is 1. The topological polar surface area (TPSA) is 21.3 Å². The molecule has 20 heavy (non-hydrogen) atoms. The molecule has 2 nitrogen and oxygen atoms in total. The van der Waals surface area contributed by atoms with Crippen molar-refractivity contribution in [3.05, 3.63) is 34.1 Å². The van der Waals surface area contributed by atoms with Crippen molar-refractivity contribution in [2.45, 2.75) is 45.3 Å². The molecule has 4 heteroatoms. The summed E-state index contributed by atoms with van der Waals surface area (Å²) in [7, 11) is 0. The summed E-state index contributed by atoms with van der Waals surface area (Å²) in [5, 5.41) is 3.57. The summed E-state index contributed by atoms with van der Waals surface area (Å²) in [6.45, 7) is 6.06. The molecule has 1 aromatic rings. The Bertz CT molecular complexity index is 440. The monoisotopic (exact) mass is 343 g/mol. The lowest BCUT2D eigenvalue weighted by Gasteiger charge is -2.27. The van der Waals surface area contributed by atoms with Crippen LogP contribution in [0.3, 0.4) is 0 Å². The Morgan fingerprint density at radius 3 is 2.90 bits per heavy atom. The van der Waals surface area contributed by atoms with Gasteiger partial charge in [0.2, 0.25) is 0 Å². The molecule has 1 aliphatic rings. The number of rotatable bonds is 6. The Hall–Kier alpha value is -0.450. The maximum absolute atomic E-state index is 14.0. The lowest BCUT2D eigenvalue weighted by atomic mass is 9.88. The summed E-state index contributed by atoms with van der Waals surface area (Å²) in [5.41, 5.74) is 0.779. The van der Waals surface area contributed by atoms with Crippen LogP contribution in [0.15, 0.2) is 22.7 Å². The van der Waals surface area contributed by atoms with E-state index in [4.69, 9.17) is 4.74 Å². The first-order chi connectivity index (χ1) is 9.61. The predicted octanol–water partition coefficient (Wildman–Crippen LogP) is 3.92. The molecule has 3 atom stereocenters. The van der Waals surface area contributed by atoms with E-state index in [0.717, 1.165) is 42.5 Å². The molecule has 1 saturated heterocycles. The van der Waals surface area contributed by atoms with Crippen molar-refractivity contribution in [3.63, 3.8) is 0 Å². The highest BCUT2D eigenvalue weighted by Crippen LogP contribution is 2.27. The lowest BCUT2D eigenvalue weighted by Crippen LogP contribution is -2.41. The fraction of sp³-hybridized carbons (Fsp3) is 0.625. The first-order valence-corrected chi connectivity index (χ1v) is 8.20. The maximum atomic E-state index is 14.0. The molecule has 0 radical (unpaired) electrons. The van der Waals surface area contributed by atoms with E-state index in [0.29, 0.717) is 5.92 Å². The summed E-state index contributed by atoms with van der Waals surface area (Å²) < 4.78 is 20.5. The molecule has 1 N–H and O–H groups in total. The molecule has 0 bridgehead atoms. The van der Waals surface area contributed by atoms with Gasteiger partial charge in [0, 0.05) is 23.0 Å². The average molecular weight is 344 g/mol. The summed E-state index contributed by atoms with van der Waals surface area (Å²) in [6, 6.07) is 5.61. The molecule has 0 aliphatic carbocycles. The van der Waals surface area contributed by atoms with Crippen LogP contribution in [0.1, 0.15) is 32.3 Å². The van der Waals surface area contributed by atoms with Gasteiger partial charge in [0.25, 0.3) is 0 Å². The van der Waals surface area contributed by atoms with Gasteiger partial charge in [-0.05, 0) is 50.4 Å². The van der Waals surface area contributed by atoms with Crippen molar-refractivity contribution in [2.75, 3.05) is 13.2 Å². The highest BCUT2D eigenvalue weighted by molar-refractivity contribution is 9.10. The van der Waals surface area contributed by atoms with Gasteiger partial charge >= 0.3 is 0 Å². The van der Waals surface area contributed by atoms with Crippen molar-refractivity contribution >= 4 is 15.9 Å². The van der Waals surface area contributed by atoms with E-state index >= 15 is 0 Å². The molecule has 1 fully saturated rings. The summed E-state index contributed by atoms with van der Waals surface area (Å²) in [6.07, 6.45) is 3.11. The number of ether oxygens (including phenoxy) is 1. The third-order valence-corrected chi connectivity index (χ3v) is 4.56. The Balaban J connectivity index is 2.10. The Morgan fingerprint density at radius 2 is 2.30 bits per heavy atom. The second-order valence-electron chi connectivity index (χ2n) is 5.53. The first kappa shape index (κ1) is 15.9. The van der Waals surface area contributed by atoms with Crippen molar-refractivity contribution in [1.29, 1.82) is 0 Å². The second-order valence-corrected chi connectivity index (χ2v) is 6.44. The van der Waals surface area contributed by atoms with E-state index in [-0.39, 0.29) is 18.0 Å². The quantitative estimate of drug-likeness (QED) is 0.845. The van der Waals surface area contributed by atoms with E-state index in [1.807, 2.05) is 12.1 Å². The number of halogens is 2. The minimum atomic E-state index is -0.130. The van der Waals surface area contributed by atoms with Crippen LogP contribution < -0.4 is 5.32 Å². The van der Waals surface area contributed by atoms with E-state index < -0.39 is 0 Å². The van der Waals surface area contributed by atoms with Gasteiger partial charge in [-0.1, -0.05) is 28.9 Å². The van der Waals surface area contributed by atoms with Crippen LogP contribution in [0.5, 0.6) is 0 Å². The summed E-state index contributed by atoms with van der Waals surface area (Å²) in [5.74, 6) is 0.332. The predicted molar refractivity (Wildman–Crippen MR) is 83.4 cm³/mol. The van der Waals surface area contributed by atoms with Gasteiger partial charge < -0.3 is 10.1 Å². The van der Waals surface area contributed by atoms with Crippen LogP contribution in [0, 0.1) is 11.7 Å². The van der Waals surface area contributed by atoms with Crippen molar-refractivity contribution in [2.24, 2.45) is 5.92 Å². The summed E-state index contributed by atoms with van der Waals surface area (Å²) in [4.78, 5) is 0. The van der Waals surface area contributed by atoms with E-state index in [2.05, 4.69) is 35.1 Å². The highest BCUT2D eigenvalue weighted by atomic mass is 79.9. The van der Waals surface area contributed by atoms with Gasteiger partial charge in [-0.15, -0.1) is 0 Å². The van der Waals surface area contributed by atoms with Gasteiger partial charge in [-0.25, -0.2) is 4.39 Å². The number of hydrogen-bond donors (Lipinski definition) is 1. The third kappa shape index (κ3) is 4.03. The van der Waals surface area contributed by atoms with Gasteiger partial charge in [-0.2, -0.15) is 0 Å². The van der Waals surface area contributed by atoms with Gasteiger partial charge in [-0.3, -0.25) is 0 Å². The van der Waals surface area contributed by atoms with Crippen molar-refractivity contribution in [1.82, 2.24) is 5.32 Å². The number of nitrogens with one attached hydrogen (secondary N) is 1. The first-order valence-electron chi connectivity index (χ1n) is 7.40. The van der Waals surface area contributed by atoms with E-state index in [1.54, 1.807) is 6.07 Å². The molecule has 1 aromatic carbocycles. The van der Waals surface area contributed by atoms with Crippen LogP contribution in [-0.2, 0) is 11.2 Å². The highest BCUT2D eigenvalue weighted by Gasteiger charge is 2.31. The normalized spacial score (nSPS) is 24.0. The molecule has 1 aliphatic heterocycles. The van der Waals surface area contributed by atoms with Gasteiger partial charge in [0.1, 0.15) is 5.82 Å². The maximum Gasteiger partial charge on any atom is 0.127 e. The molecule has 0 aromatic heterocycles. The molecule has 2 rings (SSSR count). The minimum absolute atomic E-state index is 0.130. The molecule has 0 spiro atoms. The summed E-state index contributed by atoms with van der Waals surface area (Å²) >= 11 is 3.30. The Morgan fingerprint density at radius 1 is 1.50 bits per heavy atom. The molecule has 1 heterocycles. The minimum Gasteiger partial charge on any atom is -0.378 e. The zero-order valence-electron chi connectivity index (χ0n) is 12.2. The van der Waals surface area contributed by atoms with Gasteiger partial charge in [0.05, 0.1) is 6.10 Å². The Kier molecular flexibility index (Phi) is 6.00. The fourth-order valence-electron chi connectivity index (χ4n) is 2.91. The lowest BCUT2D eigenvalue weighted by molar-refractivity contribution is 0.0953. The van der Waals surface area contributed by atoms with Gasteiger partial charge in [0.15, 0.2) is 0 Å². The van der Waals surface area contributed by atoms with Crippen LogP contribution in [0.25, 0.3) is 0 Å². The van der Waals surface area contributed by atoms with Crippen LogP contribution in [0.4, 0.5) is 4.39 Å². The van der Waals surface area contributed by atoms with Crippen molar-refractivity contribution in [3.8, 4) is 0 Å². The molecule has 0 saturated carbocycles. The largest absolute Gasteiger partial charge is 0.378 e. The molecular weight excluding hydrogens is 321 g/mol. The van der Waals surface area contributed by atoms with Crippen LogP contribution >= 0.6 is 15.9 Å². The Labute approximate surface area is 129 Å². The molecular formula is C16H23BrFNO. The van der Waals surface area contributed by atoms with E-state index in [9.17, 15) is 4.39 Å². The molecule has 0 amide bonds. The van der Waals surface area contributed by atoms with Crippen LogP contribution in [-0.4, -0.2) is 25.3 Å². The average Bonchev–Trinajstić information content (AvgIpc) is 2.83. The smallest absolute Gasteiger partial charge is 0.127 e. The number of hydrogen-bond acceptors (Lipinski definition) is 2. The van der Waals surface area contributed by atoms with Crippen molar-refractivity contribution < 1.29 is 9.13 Å². The van der Waals surface area contributed by atoms with Crippen LogP contribution in [0.2, 0.25) is 0 Å². The zero-order chi connectivity index (χ0) is 14.5. The molecule has 112 valence electrons. The second kappa shape index (κ2) is 7.53. The fourth-order valence-corrected chi connectivity index (χ4v) is 3.24. The zero-order valence-corrected chi connectivity index (χ0v) is 13.7. The van der Waals surface area contributed by atoms with E-state index in [1.165, 1.54) is 0 Å².